The van der Waals surface area contributed by atoms with Gasteiger partial charge in [0.25, 0.3) is 0 Å². The Morgan fingerprint density at radius 3 is 2.70 bits per heavy atom. The molecular weight excluding hydrogens is 354 g/mol. The van der Waals surface area contributed by atoms with Gasteiger partial charge in [-0.05, 0) is 25.1 Å². The van der Waals surface area contributed by atoms with E-state index in [1.54, 1.807) is 19.1 Å². The minimum absolute atomic E-state index is 0.212. The van der Waals surface area contributed by atoms with Crippen LogP contribution in [-0.2, 0) is 19.2 Å². The maximum absolute atomic E-state index is 12.9. The zero-order valence-corrected chi connectivity index (χ0v) is 14.4. The molecule has 0 unspecified atom stereocenters. The summed E-state index contributed by atoms with van der Waals surface area (Å²) in [5.41, 5.74) is 0.833. The highest BCUT2D eigenvalue weighted by atomic mass is 17.0. The Labute approximate surface area is 154 Å². The molecule has 8 nitrogen and oxygen atoms in total. The smallest absolute Gasteiger partial charge is 0.341 e. The van der Waals surface area contributed by atoms with Crippen LogP contribution in [0.4, 0.5) is 0 Å². The van der Waals surface area contributed by atoms with Gasteiger partial charge in [-0.15, -0.1) is 0 Å². The first-order valence-electron chi connectivity index (χ1n) is 8.81. The lowest BCUT2D eigenvalue weighted by molar-refractivity contribution is -0.347. The molecule has 5 atom stereocenters. The largest absolute Gasteiger partial charge is 0.485 e. The van der Waals surface area contributed by atoms with Crippen LogP contribution in [0.1, 0.15) is 29.0 Å². The van der Waals surface area contributed by atoms with Crippen LogP contribution >= 0.6 is 0 Å². The molecule has 5 rings (SSSR count). The zero-order chi connectivity index (χ0) is 18.5. The molecule has 1 aromatic heterocycles. The molecule has 0 saturated carbocycles. The molecule has 0 bridgehead atoms. The van der Waals surface area contributed by atoms with Crippen LogP contribution in [0.25, 0.3) is 0 Å². The van der Waals surface area contributed by atoms with Crippen molar-refractivity contribution in [3.05, 3.63) is 54.0 Å². The summed E-state index contributed by atoms with van der Waals surface area (Å²) >= 11 is 0. The molecule has 3 aliphatic rings. The molecule has 1 aromatic carbocycles. The van der Waals surface area contributed by atoms with Gasteiger partial charge in [0, 0.05) is 11.5 Å². The number of esters is 1. The Balaban J connectivity index is 1.54. The highest BCUT2D eigenvalue weighted by molar-refractivity contribution is 5.98. The third-order valence-corrected chi connectivity index (χ3v) is 5.09. The van der Waals surface area contributed by atoms with Crippen LogP contribution in [0, 0.1) is 0 Å². The second-order valence-electron chi connectivity index (χ2n) is 6.57. The number of fused-ring (bicyclic) bond motifs is 2. The van der Waals surface area contributed by atoms with E-state index >= 15 is 0 Å². The fraction of sp³-hybridized carbons (Fsp3) is 0.368. The number of rotatable bonds is 4. The van der Waals surface area contributed by atoms with Gasteiger partial charge in [0.05, 0.1) is 12.9 Å². The second-order valence-corrected chi connectivity index (χ2v) is 6.57. The monoisotopic (exact) mass is 371 g/mol. The Morgan fingerprint density at radius 2 is 1.93 bits per heavy atom. The number of Topliss-reactive ketones (excluding diaryl/α,β-unsaturated/α-hetero) is 1. The second kappa shape index (κ2) is 6.19. The first kappa shape index (κ1) is 16.5. The van der Waals surface area contributed by atoms with Crippen molar-refractivity contribution in [2.75, 3.05) is 6.61 Å². The maximum atomic E-state index is 12.9. The number of carbonyl (C=O) groups is 2. The molecular formula is C19H17NO7. The Hall–Kier alpha value is -2.68. The molecule has 3 aliphatic heterocycles. The summed E-state index contributed by atoms with van der Waals surface area (Å²) in [6.45, 7) is 1.96. The van der Waals surface area contributed by atoms with E-state index in [4.69, 9.17) is 23.6 Å². The predicted octanol–water partition coefficient (Wildman–Crippen LogP) is 1.87. The van der Waals surface area contributed by atoms with E-state index in [0.717, 1.165) is 5.56 Å². The number of hydrogen-bond acceptors (Lipinski definition) is 8. The lowest BCUT2D eigenvalue weighted by atomic mass is 9.80. The highest BCUT2D eigenvalue weighted by Crippen LogP contribution is 2.50. The molecule has 0 radical (unpaired) electrons. The van der Waals surface area contributed by atoms with Gasteiger partial charge in [0.2, 0.25) is 11.9 Å². The summed E-state index contributed by atoms with van der Waals surface area (Å²) in [6.07, 6.45) is -0.988. The van der Waals surface area contributed by atoms with E-state index in [9.17, 15) is 9.59 Å². The van der Waals surface area contributed by atoms with Crippen molar-refractivity contribution in [2.45, 2.75) is 37.2 Å². The van der Waals surface area contributed by atoms with Crippen LogP contribution < -0.4 is 4.74 Å². The summed E-state index contributed by atoms with van der Waals surface area (Å²) in [4.78, 5) is 36.7. The molecule has 2 saturated heterocycles. The number of furan rings is 1. The van der Waals surface area contributed by atoms with Crippen molar-refractivity contribution in [1.82, 2.24) is 5.23 Å². The Kier molecular flexibility index (Phi) is 3.78. The first-order chi connectivity index (χ1) is 13.2. The van der Waals surface area contributed by atoms with E-state index < -0.39 is 30.3 Å². The number of benzene rings is 1. The van der Waals surface area contributed by atoms with Gasteiger partial charge >= 0.3 is 5.97 Å². The molecule has 0 amide bonds. The number of para-hydroxylation sites is 1. The SMILES string of the molecule is CCOC(=O)[C@@H]1ON2O[C@H](C(=O)c3ccco3)[C@H]3c4ccccc4O[C@@H]1[C@H]32. The molecule has 140 valence electrons. The lowest BCUT2D eigenvalue weighted by Crippen LogP contribution is -2.48. The van der Waals surface area contributed by atoms with Gasteiger partial charge in [-0.3, -0.25) is 14.5 Å². The van der Waals surface area contributed by atoms with Gasteiger partial charge in [-0.25, -0.2) is 4.79 Å². The molecule has 4 heterocycles. The quantitative estimate of drug-likeness (QED) is 0.595. The van der Waals surface area contributed by atoms with Crippen molar-refractivity contribution in [1.29, 1.82) is 0 Å². The molecule has 0 spiro atoms. The van der Waals surface area contributed by atoms with Gasteiger partial charge in [0.1, 0.15) is 11.8 Å². The van der Waals surface area contributed by atoms with E-state index in [-0.39, 0.29) is 24.1 Å². The Morgan fingerprint density at radius 1 is 1.11 bits per heavy atom. The predicted molar refractivity (Wildman–Crippen MR) is 88.6 cm³/mol. The van der Waals surface area contributed by atoms with Crippen molar-refractivity contribution >= 4 is 11.8 Å². The van der Waals surface area contributed by atoms with Crippen molar-refractivity contribution < 1.29 is 33.2 Å². The highest BCUT2D eigenvalue weighted by Gasteiger charge is 2.64. The zero-order valence-electron chi connectivity index (χ0n) is 14.4. The topological polar surface area (TPSA) is 87.4 Å². The number of carbonyl (C=O) groups excluding carboxylic acids is 2. The van der Waals surface area contributed by atoms with Crippen LogP contribution in [-0.4, -0.2) is 47.9 Å². The van der Waals surface area contributed by atoms with Crippen LogP contribution in [0.3, 0.4) is 0 Å². The average molecular weight is 371 g/mol. The molecule has 0 aliphatic carbocycles. The number of hydroxylamine groups is 2. The van der Waals surface area contributed by atoms with Crippen LogP contribution in [0.5, 0.6) is 5.75 Å². The van der Waals surface area contributed by atoms with Crippen LogP contribution in [0.2, 0.25) is 0 Å². The van der Waals surface area contributed by atoms with Crippen molar-refractivity contribution in [3.8, 4) is 5.75 Å². The number of nitrogens with zero attached hydrogens (tertiary/aromatic N) is 1. The fourth-order valence-electron chi connectivity index (χ4n) is 3.99. The normalized spacial score (nSPS) is 31.1. The third-order valence-electron chi connectivity index (χ3n) is 5.09. The molecule has 2 aromatic rings. The average Bonchev–Trinajstić information content (AvgIpc) is 3.40. The first-order valence-corrected chi connectivity index (χ1v) is 8.81. The number of hydrogen-bond donors (Lipinski definition) is 0. The summed E-state index contributed by atoms with van der Waals surface area (Å²) in [7, 11) is 0. The minimum atomic E-state index is -0.953. The minimum Gasteiger partial charge on any atom is -0.485 e. The van der Waals surface area contributed by atoms with Crippen molar-refractivity contribution in [3.63, 3.8) is 0 Å². The van der Waals surface area contributed by atoms with E-state index in [1.807, 2.05) is 24.3 Å². The number of ether oxygens (including phenoxy) is 2. The third kappa shape index (κ3) is 2.41. The Bertz CT molecular complexity index is 880. The summed E-state index contributed by atoms with van der Waals surface area (Å²) < 4.78 is 16.4. The molecule has 0 N–H and O–H groups in total. The summed E-state index contributed by atoms with van der Waals surface area (Å²) in [5.74, 6) is -0.356. The van der Waals surface area contributed by atoms with Gasteiger partial charge < -0.3 is 13.9 Å². The van der Waals surface area contributed by atoms with Gasteiger partial charge in [-0.1, -0.05) is 23.4 Å². The van der Waals surface area contributed by atoms with Gasteiger partial charge in [-0.2, -0.15) is 0 Å². The van der Waals surface area contributed by atoms with Crippen molar-refractivity contribution in [2.24, 2.45) is 0 Å². The fourth-order valence-corrected chi connectivity index (χ4v) is 3.99. The number of ketones is 1. The summed E-state index contributed by atoms with van der Waals surface area (Å²) in [6, 6.07) is 10.2. The maximum Gasteiger partial charge on any atom is 0.341 e. The summed E-state index contributed by atoms with van der Waals surface area (Å²) in [5, 5.41) is 1.22. The molecule has 2 fully saturated rings. The van der Waals surface area contributed by atoms with E-state index in [2.05, 4.69) is 0 Å². The van der Waals surface area contributed by atoms with E-state index in [1.165, 1.54) is 11.5 Å². The molecule has 8 heteroatoms. The molecule has 27 heavy (non-hydrogen) atoms. The lowest BCUT2D eigenvalue weighted by Gasteiger charge is -2.33. The standard InChI is InChI=1S/C19H17NO7/c1-2-23-19(22)18-17-14-13(10-6-3-4-7-11(10)25-17)16(26-20(14)27-18)15(21)12-8-5-9-24-12/h3-9,13-14,16-18H,2H2,1H3/t13-,14-,16-,17+,18+/m0/s1. The van der Waals surface area contributed by atoms with E-state index in [0.29, 0.717) is 5.75 Å². The van der Waals surface area contributed by atoms with Gasteiger partial charge in [0.15, 0.2) is 18.0 Å². The van der Waals surface area contributed by atoms with Crippen LogP contribution in [0.15, 0.2) is 47.1 Å².